The second kappa shape index (κ2) is 5.67. The zero-order valence-corrected chi connectivity index (χ0v) is 9.29. The van der Waals surface area contributed by atoms with Gasteiger partial charge in [-0.15, -0.1) is 12.4 Å². The first kappa shape index (κ1) is 13.9. The highest BCUT2D eigenvalue weighted by Crippen LogP contribution is 2.04. The number of hydrogen-bond acceptors (Lipinski definition) is 4. The average molecular weight is 252 g/mol. The fourth-order valence-electron chi connectivity index (χ4n) is 0.977. The maximum atomic E-state index is 11.2. The second-order valence-corrected chi connectivity index (χ2v) is 4.85. The summed E-state index contributed by atoms with van der Waals surface area (Å²) < 4.78 is 22.4. The van der Waals surface area contributed by atoms with Crippen LogP contribution in [0.25, 0.3) is 0 Å². The third-order valence-electron chi connectivity index (χ3n) is 1.45. The quantitative estimate of drug-likeness (QED) is 0.843. The Morgan fingerprint density at radius 1 is 1.47 bits per heavy atom. The molecule has 0 radical (unpaired) electrons. The van der Waals surface area contributed by atoms with Crippen molar-refractivity contribution in [3.05, 3.63) is 30.1 Å². The minimum atomic E-state index is -3.57. The fourth-order valence-corrected chi connectivity index (χ4v) is 2.13. The first-order valence-electron chi connectivity index (χ1n) is 3.81. The molecule has 0 fully saturated rings. The van der Waals surface area contributed by atoms with Gasteiger partial charge in [0, 0.05) is 12.4 Å². The monoisotopic (exact) mass is 251 g/mol. The number of hydrogen-bond donors (Lipinski definition) is 1. The molecule has 0 aromatic carbocycles. The Bertz CT molecular complexity index is 418. The van der Waals surface area contributed by atoms with Gasteiger partial charge in [0.1, 0.15) is 5.75 Å². The Kier molecular flexibility index (Phi) is 5.24. The summed E-state index contributed by atoms with van der Waals surface area (Å²) in [6.45, 7) is 0. The van der Waals surface area contributed by atoms with Gasteiger partial charge in [0.25, 0.3) is 0 Å². The van der Waals surface area contributed by atoms with E-state index in [1.165, 1.54) is 12.4 Å². The summed E-state index contributed by atoms with van der Waals surface area (Å²) in [5.74, 6) is -2.47. The molecular formula is C8H10ClNO4S. The SMILES string of the molecule is Cl.O=C(O)CS(=O)(=O)Cc1cccnc1. The summed E-state index contributed by atoms with van der Waals surface area (Å²) in [6, 6.07) is 3.19. The van der Waals surface area contributed by atoms with E-state index in [9.17, 15) is 13.2 Å². The number of carboxylic acids is 1. The van der Waals surface area contributed by atoms with Gasteiger partial charge < -0.3 is 5.11 Å². The third kappa shape index (κ3) is 5.34. The predicted molar refractivity (Wildman–Crippen MR) is 56.6 cm³/mol. The lowest BCUT2D eigenvalue weighted by Gasteiger charge is -2.00. The van der Waals surface area contributed by atoms with E-state index in [0.717, 1.165) is 0 Å². The lowest BCUT2D eigenvalue weighted by molar-refractivity contribution is -0.134. The van der Waals surface area contributed by atoms with Crippen molar-refractivity contribution in [1.82, 2.24) is 4.98 Å². The Labute approximate surface area is 93.5 Å². The Balaban J connectivity index is 0.00000196. The molecule has 0 spiro atoms. The number of sulfone groups is 1. The number of carbonyl (C=O) groups is 1. The minimum Gasteiger partial charge on any atom is -0.480 e. The molecule has 1 N–H and O–H groups in total. The molecule has 0 aliphatic rings. The molecule has 15 heavy (non-hydrogen) atoms. The summed E-state index contributed by atoms with van der Waals surface area (Å²) in [7, 11) is -3.57. The molecule has 5 nitrogen and oxygen atoms in total. The topological polar surface area (TPSA) is 84.3 Å². The molecule has 0 atom stereocenters. The van der Waals surface area contributed by atoms with Crippen LogP contribution in [0.2, 0.25) is 0 Å². The van der Waals surface area contributed by atoms with E-state index in [1.807, 2.05) is 0 Å². The Morgan fingerprint density at radius 2 is 2.13 bits per heavy atom. The highest BCUT2D eigenvalue weighted by Gasteiger charge is 2.16. The highest BCUT2D eigenvalue weighted by atomic mass is 35.5. The van der Waals surface area contributed by atoms with Crippen LogP contribution < -0.4 is 0 Å². The average Bonchev–Trinajstić information content (AvgIpc) is 2.02. The Morgan fingerprint density at radius 3 is 2.60 bits per heavy atom. The van der Waals surface area contributed by atoms with E-state index in [4.69, 9.17) is 5.11 Å². The number of aromatic nitrogens is 1. The van der Waals surface area contributed by atoms with Crippen molar-refractivity contribution in [2.75, 3.05) is 5.75 Å². The second-order valence-electron chi connectivity index (χ2n) is 2.79. The van der Waals surface area contributed by atoms with Crippen LogP contribution in [0.5, 0.6) is 0 Å². The molecule has 0 amide bonds. The number of carboxylic acid groups (broad SMARTS) is 1. The molecule has 0 saturated carbocycles. The van der Waals surface area contributed by atoms with E-state index >= 15 is 0 Å². The van der Waals surface area contributed by atoms with Crippen molar-refractivity contribution in [2.45, 2.75) is 5.75 Å². The standard InChI is InChI=1S/C8H9NO4S.ClH/c10-8(11)6-14(12,13)5-7-2-1-3-9-4-7;/h1-4H,5-6H2,(H,10,11);1H. The van der Waals surface area contributed by atoms with Crippen LogP contribution in [0.15, 0.2) is 24.5 Å². The van der Waals surface area contributed by atoms with E-state index in [0.29, 0.717) is 5.56 Å². The molecular weight excluding hydrogens is 242 g/mol. The summed E-state index contributed by atoms with van der Waals surface area (Å²) in [5, 5.41) is 8.33. The summed E-state index contributed by atoms with van der Waals surface area (Å²) in [4.78, 5) is 13.9. The minimum absolute atomic E-state index is 0. The largest absolute Gasteiger partial charge is 0.480 e. The van der Waals surface area contributed by atoms with E-state index in [1.54, 1.807) is 12.1 Å². The molecule has 0 saturated heterocycles. The molecule has 1 rings (SSSR count). The Hall–Kier alpha value is -1.14. The first-order chi connectivity index (χ1) is 6.49. The molecule has 0 aliphatic carbocycles. The third-order valence-corrected chi connectivity index (χ3v) is 2.91. The van der Waals surface area contributed by atoms with Crippen LogP contribution >= 0.6 is 12.4 Å². The molecule has 0 unspecified atom stereocenters. The number of pyridine rings is 1. The van der Waals surface area contributed by atoms with Crippen LogP contribution in [0.4, 0.5) is 0 Å². The van der Waals surface area contributed by atoms with Gasteiger partial charge >= 0.3 is 5.97 Å². The van der Waals surface area contributed by atoms with Crippen LogP contribution in [0.3, 0.4) is 0 Å². The van der Waals surface area contributed by atoms with E-state index < -0.39 is 21.6 Å². The lowest BCUT2D eigenvalue weighted by atomic mass is 10.3. The number of rotatable bonds is 4. The molecule has 7 heteroatoms. The van der Waals surface area contributed by atoms with Crippen LogP contribution in [-0.2, 0) is 20.4 Å². The van der Waals surface area contributed by atoms with Gasteiger partial charge in [0.05, 0.1) is 5.75 Å². The van der Waals surface area contributed by atoms with Gasteiger partial charge in [-0.1, -0.05) is 6.07 Å². The predicted octanol–water partition coefficient (Wildman–Crippen LogP) is 0.503. The summed E-state index contributed by atoms with van der Waals surface area (Å²) >= 11 is 0. The molecule has 0 bridgehead atoms. The van der Waals surface area contributed by atoms with Gasteiger partial charge in [-0.25, -0.2) is 8.42 Å². The van der Waals surface area contributed by atoms with Gasteiger partial charge in [-0.05, 0) is 11.6 Å². The van der Waals surface area contributed by atoms with Crippen molar-refractivity contribution in [3.63, 3.8) is 0 Å². The van der Waals surface area contributed by atoms with Crippen LogP contribution in [0, 0.1) is 0 Å². The van der Waals surface area contributed by atoms with Crippen LogP contribution in [0.1, 0.15) is 5.56 Å². The highest BCUT2D eigenvalue weighted by molar-refractivity contribution is 7.91. The van der Waals surface area contributed by atoms with Crippen LogP contribution in [-0.4, -0.2) is 30.2 Å². The number of nitrogens with zero attached hydrogens (tertiary/aromatic N) is 1. The maximum Gasteiger partial charge on any atom is 0.318 e. The van der Waals surface area contributed by atoms with Crippen molar-refractivity contribution in [3.8, 4) is 0 Å². The number of halogens is 1. The maximum absolute atomic E-state index is 11.2. The normalized spacial score (nSPS) is 10.4. The summed E-state index contributed by atoms with van der Waals surface area (Å²) in [5.41, 5.74) is 0.494. The molecule has 0 aliphatic heterocycles. The van der Waals surface area contributed by atoms with Gasteiger partial charge in [-0.3, -0.25) is 9.78 Å². The zero-order chi connectivity index (χ0) is 10.6. The van der Waals surface area contributed by atoms with Gasteiger partial charge in [0.2, 0.25) is 0 Å². The zero-order valence-electron chi connectivity index (χ0n) is 7.66. The fraction of sp³-hybridized carbons (Fsp3) is 0.250. The van der Waals surface area contributed by atoms with E-state index in [2.05, 4.69) is 4.98 Å². The van der Waals surface area contributed by atoms with Crippen molar-refractivity contribution in [1.29, 1.82) is 0 Å². The molecule has 1 heterocycles. The van der Waals surface area contributed by atoms with Gasteiger partial charge in [0.15, 0.2) is 9.84 Å². The van der Waals surface area contributed by atoms with Crippen molar-refractivity contribution in [2.24, 2.45) is 0 Å². The smallest absolute Gasteiger partial charge is 0.318 e. The van der Waals surface area contributed by atoms with Crippen molar-refractivity contribution >= 4 is 28.2 Å². The molecule has 84 valence electrons. The van der Waals surface area contributed by atoms with Gasteiger partial charge in [-0.2, -0.15) is 0 Å². The number of aliphatic carboxylic acids is 1. The first-order valence-corrected chi connectivity index (χ1v) is 5.63. The lowest BCUT2D eigenvalue weighted by Crippen LogP contribution is -2.16. The van der Waals surface area contributed by atoms with E-state index in [-0.39, 0.29) is 18.2 Å². The van der Waals surface area contributed by atoms with Crippen molar-refractivity contribution < 1.29 is 18.3 Å². The summed E-state index contributed by atoms with van der Waals surface area (Å²) in [6.07, 6.45) is 2.92. The molecule has 1 aromatic rings. The molecule has 1 aromatic heterocycles.